The number of rotatable bonds is 10. The quantitative estimate of drug-likeness (QED) is 0.136. The lowest BCUT2D eigenvalue weighted by atomic mass is 9.91. The fraction of sp³-hybridized carbons (Fsp3) is 0.0161. The molecule has 0 spiro atoms. The van der Waals surface area contributed by atoms with Crippen LogP contribution in [0.2, 0.25) is 0 Å². The first kappa shape index (κ1) is 42.3. The lowest BCUT2D eigenvalue weighted by Crippen LogP contribution is -2.07. The summed E-state index contributed by atoms with van der Waals surface area (Å²) in [6, 6.07) is 72.4. The van der Waals surface area contributed by atoms with E-state index in [1.807, 2.05) is 110 Å². The van der Waals surface area contributed by atoms with E-state index in [9.17, 15) is 0 Å². The van der Waals surface area contributed by atoms with Gasteiger partial charge in [0.05, 0.1) is 17.1 Å². The summed E-state index contributed by atoms with van der Waals surface area (Å²) in [5.41, 5.74) is 16.1. The van der Waals surface area contributed by atoms with Crippen molar-refractivity contribution in [2.45, 2.75) is 6.92 Å². The van der Waals surface area contributed by atoms with Crippen molar-refractivity contribution in [2.24, 2.45) is 9.98 Å². The number of aryl methyl sites for hydroxylation is 1. The molecule has 0 radical (unpaired) electrons. The molecule has 0 bridgehead atoms. The molecule has 0 saturated heterocycles. The number of benzene rings is 7. The normalized spacial score (nSPS) is 12.8. The number of aromatic nitrogens is 5. The van der Waals surface area contributed by atoms with E-state index in [1.54, 1.807) is 6.20 Å². The molecule has 0 saturated carbocycles. The Bertz CT molecular complexity index is 3540. The van der Waals surface area contributed by atoms with Gasteiger partial charge in [0.2, 0.25) is 0 Å². The molecule has 0 N–H and O–H groups in total. The van der Waals surface area contributed by atoms with Gasteiger partial charge in [-0.15, -0.1) is 0 Å². The van der Waals surface area contributed by atoms with Gasteiger partial charge in [0.1, 0.15) is 0 Å². The molecule has 10 aromatic rings. The second-order valence-electron chi connectivity index (χ2n) is 16.7. The van der Waals surface area contributed by atoms with E-state index >= 15 is 0 Å². The van der Waals surface area contributed by atoms with Gasteiger partial charge >= 0.3 is 0 Å². The second-order valence-corrected chi connectivity index (χ2v) is 16.7. The van der Waals surface area contributed by atoms with Gasteiger partial charge in [0.25, 0.3) is 0 Å². The van der Waals surface area contributed by atoms with Crippen LogP contribution in [-0.4, -0.2) is 36.5 Å². The average Bonchev–Trinajstić information content (AvgIpc) is 3.42. The summed E-state index contributed by atoms with van der Waals surface area (Å²) in [5, 5.41) is 0. The maximum Gasteiger partial charge on any atom is 0.164 e. The van der Waals surface area contributed by atoms with E-state index in [1.165, 1.54) is 0 Å². The lowest BCUT2D eigenvalue weighted by Gasteiger charge is -2.16. The predicted octanol–water partition coefficient (Wildman–Crippen LogP) is 14.5. The first-order chi connectivity index (χ1) is 34.1. The van der Waals surface area contributed by atoms with Crippen molar-refractivity contribution in [3.8, 4) is 78.8 Å². The topological polar surface area (TPSA) is 89.2 Å². The summed E-state index contributed by atoms with van der Waals surface area (Å²) in [7, 11) is 0. The minimum Gasteiger partial charge on any atom is -0.264 e. The van der Waals surface area contributed by atoms with Crippen molar-refractivity contribution < 1.29 is 0 Å². The average molecular weight is 886 g/mol. The zero-order valence-corrected chi connectivity index (χ0v) is 37.7. The fourth-order valence-electron chi connectivity index (χ4n) is 8.51. The second kappa shape index (κ2) is 19.3. The monoisotopic (exact) mass is 885 g/mol. The summed E-state index contributed by atoms with van der Waals surface area (Å²) >= 11 is 0. The summed E-state index contributed by atoms with van der Waals surface area (Å²) in [5.74, 6) is 2.42. The van der Waals surface area contributed by atoms with Gasteiger partial charge in [-0.2, -0.15) is 0 Å². The van der Waals surface area contributed by atoms with E-state index in [4.69, 9.17) is 29.9 Å². The third-order valence-electron chi connectivity index (χ3n) is 11.9. The first-order valence-corrected chi connectivity index (χ1v) is 22.9. The summed E-state index contributed by atoms with van der Waals surface area (Å²) in [6.07, 6.45) is 9.85. The number of nitrogens with zero attached hydrogens (tertiary/aromatic N) is 7. The van der Waals surface area contributed by atoms with Crippen LogP contribution in [0.3, 0.4) is 0 Å². The van der Waals surface area contributed by atoms with Crippen molar-refractivity contribution >= 4 is 17.2 Å². The fourth-order valence-corrected chi connectivity index (χ4v) is 8.51. The molecule has 0 fully saturated rings. The zero-order valence-electron chi connectivity index (χ0n) is 37.7. The van der Waals surface area contributed by atoms with Crippen LogP contribution in [0.25, 0.3) is 84.5 Å². The lowest BCUT2D eigenvalue weighted by molar-refractivity contribution is 1.07. The molecule has 0 aliphatic carbocycles. The molecule has 4 heterocycles. The molecule has 1 aliphatic rings. The summed E-state index contributed by atoms with van der Waals surface area (Å²) in [4.78, 5) is 35.2. The van der Waals surface area contributed by atoms with Crippen molar-refractivity contribution in [2.75, 3.05) is 0 Å². The minimum absolute atomic E-state index is 0.591. The van der Waals surface area contributed by atoms with Gasteiger partial charge in [-0.05, 0) is 95.4 Å². The Morgan fingerprint density at radius 3 is 1.55 bits per heavy atom. The van der Waals surface area contributed by atoms with Gasteiger partial charge in [0, 0.05) is 62.6 Å². The molecule has 326 valence electrons. The molecular weight excluding hydrogens is 843 g/mol. The van der Waals surface area contributed by atoms with Gasteiger partial charge < -0.3 is 0 Å². The van der Waals surface area contributed by atoms with Crippen LogP contribution in [0.15, 0.2) is 253 Å². The first-order valence-electron chi connectivity index (χ1n) is 22.9. The van der Waals surface area contributed by atoms with Crippen LogP contribution >= 0.6 is 0 Å². The molecule has 7 aromatic carbocycles. The van der Waals surface area contributed by atoms with E-state index in [0.29, 0.717) is 23.3 Å². The zero-order chi connectivity index (χ0) is 46.4. The van der Waals surface area contributed by atoms with Gasteiger partial charge in [-0.3, -0.25) is 9.97 Å². The Kier molecular flexibility index (Phi) is 11.8. The Morgan fingerprint density at radius 2 is 0.870 bits per heavy atom. The Labute approximate surface area is 401 Å². The number of amidine groups is 1. The van der Waals surface area contributed by atoms with E-state index in [-0.39, 0.29) is 0 Å². The van der Waals surface area contributed by atoms with Crippen molar-refractivity contribution in [3.05, 3.63) is 265 Å². The Balaban J connectivity index is 1.05. The highest BCUT2D eigenvalue weighted by atomic mass is 15.0. The molecule has 1 aliphatic heterocycles. The van der Waals surface area contributed by atoms with Gasteiger partial charge in [-0.25, -0.2) is 24.9 Å². The predicted molar refractivity (Wildman–Crippen MR) is 281 cm³/mol. The van der Waals surface area contributed by atoms with E-state index < -0.39 is 0 Å². The van der Waals surface area contributed by atoms with Crippen LogP contribution in [0.5, 0.6) is 0 Å². The third-order valence-corrected chi connectivity index (χ3v) is 11.9. The molecule has 69 heavy (non-hydrogen) atoms. The Morgan fingerprint density at radius 1 is 0.348 bits per heavy atom. The number of allylic oxidation sites excluding steroid dienone is 3. The molecule has 0 amide bonds. The van der Waals surface area contributed by atoms with Crippen LogP contribution in [0.1, 0.15) is 22.4 Å². The molecule has 11 rings (SSSR count). The van der Waals surface area contributed by atoms with E-state index in [0.717, 1.165) is 95.1 Å². The highest BCUT2D eigenvalue weighted by Crippen LogP contribution is 2.38. The maximum absolute atomic E-state index is 5.44. The minimum atomic E-state index is 0.591. The third kappa shape index (κ3) is 9.39. The molecule has 0 unspecified atom stereocenters. The van der Waals surface area contributed by atoms with Crippen molar-refractivity contribution in [1.29, 1.82) is 0 Å². The largest absolute Gasteiger partial charge is 0.264 e. The van der Waals surface area contributed by atoms with Crippen LogP contribution < -0.4 is 0 Å². The van der Waals surface area contributed by atoms with Crippen molar-refractivity contribution in [1.82, 2.24) is 24.9 Å². The molecule has 3 aromatic heterocycles. The van der Waals surface area contributed by atoms with Gasteiger partial charge in [-0.1, -0.05) is 170 Å². The molecular formula is C62H43N7. The summed E-state index contributed by atoms with van der Waals surface area (Å²) in [6.45, 7) is 2.03. The van der Waals surface area contributed by atoms with Crippen molar-refractivity contribution in [3.63, 3.8) is 0 Å². The number of hydrogen-bond donors (Lipinski definition) is 0. The number of aliphatic imine (C=N–C) groups is 2. The SMILES string of the molecule is Cc1cccc(-c2cc(-c3cccc(-c4nc(-c5ccccc5)nc(-c5ccccc5)n4)c3)cc(-c3ccccc3C3=C/C=C/C(c4ccccc4)=NC(c4cccc(-c5cccnc5)c4)=N3)c2)n1. The highest BCUT2D eigenvalue weighted by Gasteiger charge is 2.18. The van der Waals surface area contributed by atoms with Crippen LogP contribution in [0, 0.1) is 6.92 Å². The number of hydrogen-bond acceptors (Lipinski definition) is 7. The summed E-state index contributed by atoms with van der Waals surface area (Å²) < 4.78 is 0. The number of pyridine rings is 2. The Hall–Kier alpha value is -9.33. The van der Waals surface area contributed by atoms with E-state index in [2.05, 4.69) is 138 Å². The maximum atomic E-state index is 5.44. The molecule has 7 nitrogen and oxygen atoms in total. The highest BCUT2D eigenvalue weighted by molar-refractivity contribution is 6.18. The molecule has 0 atom stereocenters. The van der Waals surface area contributed by atoms with Crippen LogP contribution in [-0.2, 0) is 0 Å². The van der Waals surface area contributed by atoms with Gasteiger partial charge in [0.15, 0.2) is 23.3 Å². The molecule has 7 heteroatoms. The standard InChI is InChI=1S/C62H43N7/c1-42-18-13-32-57(64-42)53-39-51(47-26-15-28-49(37-47)62-68-59(44-21-7-3-8-22-44)67-60(69-62)45-23-9-4-10-24-45)38-52(40-53)54-30-11-12-31-55(54)58-34-16-33-56(43-19-5-2-6-20-43)65-61(66-58)48-27-14-25-46(36-48)50-29-17-35-63-41-50/h2-41H,1H3/b33-16+,34-16?,56-33?,58-34?,65-56?,65-61?,66-58?,66-61?. The van der Waals surface area contributed by atoms with Crippen LogP contribution in [0.4, 0.5) is 0 Å². The smallest absolute Gasteiger partial charge is 0.164 e.